The molecule has 3 nitrogen and oxygen atoms in total. The molecule has 0 heterocycles. The van der Waals surface area contributed by atoms with Crippen LogP contribution in [0.15, 0.2) is 48.5 Å². The highest BCUT2D eigenvalue weighted by Gasteiger charge is 2.33. The van der Waals surface area contributed by atoms with Gasteiger partial charge in [0, 0.05) is 18.2 Å². The zero-order chi connectivity index (χ0) is 15.5. The van der Waals surface area contributed by atoms with Crippen molar-refractivity contribution >= 4 is 5.91 Å². The number of ether oxygens (including phenoxy) is 1. The highest BCUT2D eigenvalue weighted by molar-refractivity contribution is 5.94. The van der Waals surface area contributed by atoms with E-state index in [4.69, 9.17) is 4.74 Å². The summed E-state index contributed by atoms with van der Waals surface area (Å²) in [6, 6.07) is 13.7. The Balaban J connectivity index is 1.77. The van der Waals surface area contributed by atoms with Gasteiger partial charge in [-0.25, -0.2) is 4.39 Å². The fourth-order valence-corrected chi connectivity index (χ4v) is 2.44. The van der Waals surface area contributed by atoms with Crippen molar-refractivity contribution in [2.75, 3.05) is 7.11 Å². The van der Waals surface area contributed by atoms with Crippen molar-refractivity contribution in [1.29, 1.82) is 0 Å². The minimum absolute atomic E-state index is 0.0432. The lowest BCUT2D eigenvalue weighted by Crippen LogP contribution is -2.32. The lowest BCUT2D eigenvalue weighted by atomic mass is 10.1. The monoisotopic (exact) mass is 299 g/mol. The van der Waals surface area contributed by atoms with E-state index >= 15 is 0 Å². The first-order valence-electron chi connectivity index (χ1n) is 7.37. The number of rotatable bonds is 5. The van der Waals surface area contributed by atoms with Crippen LogP contribution in [0.5, 0.6) is 5.75 Å². The maximum Gasteiger partial charge on any atom is 0.254 e. The number of carbonyl (C=O) groups is 1. The van der Waals surface area contributed by atoms with Crippen LogP contribution in [-0.4, -0.2) is 24.0 Å². The van der Waals surface area contributed by atoms with Crippen LogP contribution in [0.4, 0.5) is 4.39 Å². The van der Waals surface area contributed by atoms with Gasteiger partial charge in [0.25, 0.3) is 5.91 Å². The Morgan fingerprint density at radius 3 is 2.32 bits per heavy atom. The number of hydrogen-bond donors (Lipinski definition) is 0. The smallest absolute Gasteiger partial charge is 0.254 e. The summed E-state index contributed by atoms with van der Waals surface area (Å²) >= 11 is 0. The Morgan fingerprint density at radius 1 is 1.14 bits per heavy atom. The molecule has 0 aromatic heterocycles. The molecule has 1 amide bonds. The van der Waals surface area contributed by atoms with Gasteiger partial charge in [-0.05, 0) is 54.8 Å². The third kappa shape index (κ3) is 3.27. The van der Waals surface area contributed by atoms with Crippen molar-refractivity contribution in [2.24, 2.45) is 0 Å². The van der Waals surface area contributed by atoms with Gasteiger partial charge < -0.3 is 9.64 Å². The number of halogens is 1. The fraction of sp³-hybridized carbons (Fsp3) is 0.278. The van der Waals surface area contributed by atoms with Crippen LogP contribution in [0.2, 0.25) is 0 Å². The molecule has 0 spiro atoms. The number of amides is 1. The van der Waals surface area contributed by atoms with E-state index in [0.29, 0.717) is 18.2 Å². The lowest BCUT2D eigenvalue weighted by molar-refractivity contribution is 0.0730. The average Bonchev–Trinajstić information content (AvgIpc) is 3.38. The second-order valence-corrected chi connectivity index (χ2v) is 5.52. The molecule has 0 N–H and O–H groups in total. The van der Waals surface area contributed by atoms with Crippen molar-refractivity contribution in [1.82, 2.24) is 4.90 Å². The molecule has 1 aliphatic rings. The molecule has 1 fully saturated rings. The van der Waals surface area contributed by atoms with Gasteiger partial charge in [0.05, 0.1) is 7.11 Å². The maximum absolute atomic E-state index is 13.0. The normalized spacial score (nSPS) is 13.7. The minimum Gasteiger partial charge on any atom is -0.497 e. The van der Waals surface area contributed by atoms with E-state index in [2.05, 4.69) is 0 Å². The molecule has 2 aromatic carbocycles. The van der Waals surface area contributed by atoms with Crippen LogP contribution >= 0.6 is 0 Å². The Kier molecular flexibility index (Phi) is 4.09. The molecule has 3 rings (SSSR count). The second-order valence-electron chi connectivity index (χ2n) is 5.52. The largest absolute Gasteiger partial charge is 0.497 e. The molecule has 1 aliphatic carbocycles. The van der Waals surface area contributed by atoms with E-state index in [1.54, 1.807) is 19.2 Å². The summed E-state index contributed by atoms with van der Waals surface area (Å²) in [4.78, 5) is 14.5. The van der Waals surface area contributed by atoms with E-state index < -0.39 is 0 Å². The van der Waals surface area contributed by atoms with E-state index in [9.17, 15) is 9.18 Å². The van der Waals surface area contributed by atoms with E-state index in [-0.39, 0.29) is 11.7 Å². The SMILES string of the molecule is COc1ccc(CN(C(=O)c2ccc(F)cc2)C2CC2)cc1. The topological polar surface area (TPSA) is 29.5 Å². The summed E-state index contributed by atoms with van der Waals surface area (Å²) in [6.45, 7) is 0.560. The molecule has 2 aromatic rings. The maximum atomic E-state index is 13.0. The van der Waals surface area contributed by atoms with Crippen LogP contribution in [-0.2, 0) is 6.54 Å². The Bertz CT molecular complexity index is 648. The first kappa shape index (κ1) is 14.6. The molecule has 0 saturated heterocycles. The summed E-state index contributed by atoms with van der Waals surface area (Å²) in [6.07, 6.45) is 2.06. The van der Waals surface area contributed by atoms with Crippen LogP contribution in [0.3, 0.4) is 0 Å². The third-order valence-electron chi connectivity index (χ3n) is 3.85. The number of carbonyl (C=O) groups excluding carboxylic acids is 1. The average molecular weight is 299 g/mol. The third-order valence-corrected chi connectivity index (χ3v) is 3.85. The molecule has 4 heteroatoms. The molecule has 114 valence electrons. The molecular formula is C18H18FNO2. The summed E-state index contributed by atoms with van der Waals surface area (Å²) in [5, 5.41) is 0. The van der Waals surface area contributed by atoms with Crippen molar-refractivity contribution < 1.29 is 13.9 Å². The van der Waals surface area contributed by atoms with Gasteiger partial charge in [-0.2, -0.15) is 0 Å². The fourth-order valence-electron chi connectivity index (χ4n) is 2.44. The van der Waals surface area contributed by atoms with Crippen molar-refractivity contribution in [3.63, 3.8) is 0 Å². The summed E-state index contributed by atoms with van der Waals surface area (Å²) < 4.78 is 18.1. The Morgan fingerprint density at radius 2 is 1.77 bits per heavy atom. The predicted molar refractivity (Wildman–Crippen MR) is 82.3 cm³/mol. The second kappa shape index (κ2) is 6.18. The minimum atomic E-state index is -0.329. The molecule has 0 unspecified atom stereocenters. The zero-order valence-electron chi connectivity index (χ0n) is 12.5. The Hall–Kier alpha value is -2.36. The zero-order valence-corrected chi connectivity index (χ0v) is 12.5. The van der Waals surface area contributed by atoms with Gasteiger partial charge in [0.1, 0.15) is 11.6 Å². The first-order valence-corrected chi connectivity index (χ1v) is 7.37. The van der Waals surface area contributed by atoms with E-state index in [0.717, 1.165) is 24.2 Å². The van der Waals surface area contributed by atoms with Crippen LogP contribution < -0.4 is 4.74 Å². The first-order chi connectivity index (χ1) is 10.7. The van der Waals surface area contributed by atoms with E-state index in [1.165, 1.54) is 12.1 Å². The molecule has 22 heavy (non-hydrogen) atoms. The van der Waals surface area contributed by atoms with Crippen LogP contribution in [0.25, 0.3) is 0 Å². The molecular weight excluding hydrogens is 281 g/mol. The van der Waals surface area contributed by atoms with Crippen molar-refractivity contribution in [2.45, 2.75) is 25.4 Å². The molecule has 0 radical (unpaired) electrons. The van der Waals surface area contributed by atoms with Gasteiger partial charge in [-0.15, -0.1) is 0 Å². The molecule has 0 atom stereocenters. The van der Waals surface area contributed by atoms with Crippen molar-refractivity contribution in [3.8, 4) is 5.75 Å². The van der Waals surface area contributed by atoms with Crippen LogP contribution in [0, 0.1) is 5.82 Å². The molecule has 0 aliphatic heterocycles. The van der Waals surface area contributed by atoms with Gasteiger partial charge in [-0.3, -0.25) is 4.79 Å². The van der Waals surface area contributed by atoms with Gasteiger partial charge in [0.2, 0.25) is 0 Å². The molecule has 1 saturated carbocycles. The summed E-state index contributed by atoms with van der Waals surface area (Å²) in [7, 11) is 1.63. The van der Waals surface area contributed by atoms with E-state index in [1.807, 2.05) is 29.2 Å². The summed E-state index contributed by atoms with van der Waals surface area (Å²) in [5.41, 5.74) is 1.59. The lowest BCUT2D eigenvalue weighted by Gasteiger charge is -2.23. The van der Waals surface area contributed by atoms with Gasteiger partial charge in [0.15, 0.2) is 0 Å². The number of benzene rings is 2. The highest BCUT2D eigenvalue weighted by atomic mass is 19.1. The van der Waals surface area contributed by atoms with Gasteiger partial charge >= 0.3 is 0 Å². The highest BCUT2D eigenvalue weighted by Crippen LogP contribution is 2.30. The van der Waals surface area contributed by atoms with Crippen molar-refractivity contribution in [3.05, 3.63) is 65.5 Å². The van der Waals surface area contributed by atoms with Crippen LogP contribution in [0.1, 0.15) is 28.8 Å². The number of methoxy groups -OCH3 is 1. The predicted octanol–water partition coefficient (Wildman–Crippen LogP) is 3.64. The Labute approximate surface area is 129 Å². The quantitative estimate of drug-likeness (QED) is 0.843. The molecule has 0 bridgehead atoms. The number of nitrogens with zero attached hydrogens (tertiary/aromatic N) is 1. The summed E-state index contributed by atoms with van der Waals surface area (Å²) in [5.74, 6) is 0.426. The standard InChI is InChI=1S/C18H18FNO2/c1-22-17-10-2-13(3-11-17)12-20(16-8-9-16)18(21)14-4-6-15(19)7-5-14/h2-7,10-11,16H,8-9,12H2,1H3. The van der Waals surface area contributed by atoms with Gasteiger partial charge in [-0.1, -0.05) is 12.1 Å². The number of hydrogen-bond acceptors (Lipinski definition) is 2.